The maximum Gasteiger partial charge on any atom is 0.343 e. The summed E-state index contributed by atoms with van der Waals surface area (Å²) in [5.74, 6) is -1.23. The van der Waals surface area contributed by atoms with Crippen LogP contribution in [-0.2, 0) is 4.79 Å². The van der Waals surface area contributed by atoms with Crippen LogP contribution in [-0.4, -0.2) is 30.5 Å². The summed E-state index contributed by atoms with van der Waals surface area (Å²) in [7, 11) is 0. The van der Waals surface area contributed by atoms with Gasteiger partial charge in [-0.05, 0) is 41.1 Å². The molecule has 0 aliphatic carbocycles. The highest BCUT2D eigenvalue weighted by Gasteiger charge is 2.14. The smallest absolute Gasteiger partial charge is 0.343 e. The maximum atomic E-state index is 12.6. The first-order valence-electron chi connectivity index (χ1n) is 10.7. The van der Waals surface area contributed by atoms with Gasteiger partial charge in [0.2, 0.25) is 0 Å². The molecule has 4 rings (SSSR count). The van der Waals surface area contributed by atoms with Crippen LogP contribution in [0.3, 0.4) is 0 Å². The SMILES string of the molecule is O=C(CNC(=O)c1ccccc1Cl)NN=Cc1c(OC(=O)c2ccccc2)ccc2ccccc12. The molecule has 0 aliphatic rings. The van der Waals surface area contributed by atoms with E-state index in [1.54, 1.807) is 54.6 Å². The van der Waals surface area contributed by atoms with Crippen molar-refractivity contribution in [2.24, 2.45) is 5.10 Å². The average molecular weight is 486 g/mol. The summed E-state index contributed by atoms with van der Waals surface area (Å²) >= 11 is 6.00. The van der Waals surface area contributed by atoms with Gasteiger partial charge < -0.3 is 10.1 Å². The molecule has 0 atom stereocenters. The van der Waals surface area contributed by atoms with Crippen molar-refractivity contribution in [1.82, 2.24) is 10.7 Å². The first kappa shape index (κ1) is 23.7. The predicted octanol–water partition coefficient (Wildman–Crippen LogP) is 4.59. The summed E-state index contributed by atoms with van der Waals surface area (Å²) < 4.78 is 5.62. The van der Waals surface area contributed by atoms with E-state index in [1.807, 2.05) is 36.4 Å². The second-order valence-corrected chi connectivity index (χ2v) is 7.82. The fraction of sp³-hybridized carbons (Fsp3) is 0.0370. The lowest BCUT2D eigenvalue weighted by molar-refractivity contribution is -0.120. The molecule has 8 heteroatoms. The fourth-order valence-corrected chi connectivity index (χ4v) is 3.56. The van der Waals surface area contributed by atoms with Crippen molar-refractivity contribution >= 4 is 46.4 Å². The van der Waals surface area contributed by atoms with E-state index < -0.39 is 17.8 Å². The Morgan fingerprint density at radius 3 is 2.37 bits per heavy atom. The summed E-state index contributed by atoms with van der Waals surface area (Å²) in [5.41, 5.74) is 3.57. The number of ether oxygens (including phenoxy) is 1. The average Bonchev–Trinajstić information content (AvgIpc) is 2.89. The third kappa shape index (κ3) is 5.90. The molecule has 0 aromatic heterocycles. The fourth-order valence-electron chi connectivity index (χ4n) is 3.34. The van der Waals surface area contributed by atoms with Crippen molar-refractivity contribution in [1.29, 1.82) is 0 Å². The number of fused-ring (bicyclic) bond motifs is 1. The molecule has 4 aromatic carbocycles. The third-order valence-corrected chi connectivity index (χ3v) is 5.38. The number of nitrogens with zero attached hydrogens (tertiary/aromatic N) is 1. The van der Waals surface area contributed by atoms with Crippen molar-refractivity contribution in [2.75, 3.05) is 6.54 Å². The molecule has 174 valence electrons. The molecule has 4 aromatic rings. The first-order chi connectivity index (χ1) is 17.0. The lowest BCUT2D eigenvalue weighted by Gasteiger charge is -2.10. The van der Waals surface area contributed by atoms with Gasteiger partial charge in [0.1, 0.15) is 5.75 Å². The third-order valence-electron chi connectivity index (χ3n) is 5.05. The molecule has 0 bridgehead atoms. The van der Waals surface area contributed by atoms with Gasteiger partial charge in [0.25, 0.3) is 11.8 Å². The summed E-state index contributed by atoms with van der Waals surface area (Å²) in [6, 6.07) is 26.2. The Balaban J connectivity index is 1.47. The van der Waals surface area contributed by atoms with Crippen LogP contribution in [0.5, 0.6) is 5.75 Å². The van der Waals surface area contributed by atoms with Gasteiger partial charge in [0.05, 0.1) is 28.9 Å². The highest BCUT2D eigenvalue weighted by Crippen LogP contribution is 2.27. The van der Waals surface area contributed by atoms with E-state index in [-0.39, 0.29) is 17.1 Å². The molecule has 2 N–H and O–H groups in total. The number of hydrazone groups is 1. The lowest BCUT2D eigenvalue weighted by Crippen LogP contribution is -2.35. The Morgan fingerprint density at radius 2 is 1.57 bits per heavy atom. The van der Waals surface area contributed by atoms with Gasteiger partial charge in [-0.3, -0.25) is 9.59 Å². The minimum Gasteiger partial charge on any atom is -0.422 e. The van der Waals surface area contributed by atoms with Crippen LogP contribution in [0.15, 0.2) is 96.1 Å². The lowest BCUT2D eigenvalue weighted by atomic mass is 10.0. The number of halogens is 1. The van der Waals surface area contributed by atoms with Gasteiger partial charge in [-0.15, -0.1) is 0 Å². The van der Waals surface area contributed by atoms with Crippen molar-refractivity contribution in [3.8, 4) is 5.75 Å². The van der Waals surface area contributed by atoms with Gasteiger partial charge in [-0.25, -0.2) is 10.2 Å². The maximum absolute atomic E-state index is 12.6. The quantitative estimate of drug-likeness (QED) is 0.173. The van der Waals surface area contributed by atoms with Crippen LogP contribution in [0.2, 0.25) is 5.02 Å². The number of hydrogen-bond acceptors (Lipinski definition) is 5. The van der Waals surface area contributed by atoms with E-state index >= 15 is 0 Å². The molecule has 7 nitrogen and oxygen atoms in total. The highest BCUT2D eigenvalue weighted by molar-refractivity contribution is 6.33. The van der Waals surface area contributed by atoms with Crippen LogP contribution in [0.4, 0.5) is 0 Å². The zero-order valence-corrected chi connectivity index (χ0v) is 19.2. The van der Waals surface area contributed by atoms with Gasteiger partial charge in [0, 0.05) is 5.56 Å². The van der Waals surface area contributed by atoms with E-state index in [9.17, 15) is 14.4 Å². The Morgan fingerprint density at radius 1 is 0.857 bits per heavy atom. The van der Waals surface area contributed by atoms with Crippen LogP contribution in [0.1, 0.15) is 26.3 Å². The van der Waals surface area contributed by atoms with Gasteiger partial charge in [-0.1, -0.05) is 72.3 Å². The summed E-state index contributed by atoms with van der Waals surface area (Å²) in [6.45, 7) is -0.299. The van der Waals surface area contributed by atoms with Crippen molar-refractivity contribution in [3.05, 3.63) is 113 Å². The van der Waals surface area contributed by atoms with Crippen molar-refractivity contribution < 1.29 is 19.1 Å². The minimum absolute atomic E-state index is 0.270. The number of benzene rings is 4. The first-order valence-corrected chi connectivity index (χ1v) is 11.0. The second kappa shape index (κ2) is 11.1. The monoisotopic (exact) mass is 485 g/mol. The zero-order valence-electron chi connectivity index (χ0n) is 18.4. The van der Waals surface area contributed by atoms with Crippen molar-refractivity contribution in [2.45, 2.75) is 0 Å². The zero-order chi connectivity index (χ0) is 24.6. The molecule has 0 saturated heterocycles. The normalized spacial score (nSPS) is 10.8. The Bertz CT molecular complexity index is 1420. The summed E-state index contributed by atoms with van der Waals surface area (Å²) in [6.07, 6.45) is 1.41. The van der Waals surface area contributed by atoms with Crippen LogP contribution < -0.4 is 15.5 Å². The van der Waals surface area contributed by atoms with Gasteiger partial charge >= 0.3 is 5.97 Å². The van der Waals surface area contributed by atoms with E-state index in [0.29, 0.717) is 16.9 Å². The van der Waals surface area contributed by atoms with Gasteiger partial charge in [-0.2, -0.15) is 5.10 Å². The molecular formula is C27H20ClN3O4. The number of amides is 2. The highest BCUT2D eigenvalue weighted by atomic mass is 35.5. The molecule has 0 heterocycles. The number of rotatable bonds is 7. The van der Waals surface area contributed by atoms with E-state index in [0.717, 1.165) is 10.8 Å². The minimum atomic E-state index is -0.537. The Hall–Kier alpha value is -4.49. The molecule has 0 unspecified atom stereocenters. The number of carbonyl (C=O) groups excluding carboxylic acids is 3. The van der Waals surface area contributed by atoms with E-state index in [2.05, 4.69) is 15.8 Å². The van der Waals surface area contributed by atoms with Crippen LogP contribution >= 0.6 is 11.6 Å². The standard InChI is InChI=1S/C27H20ClN3O4/c28-23-13-7-6-12-21(23)26(33)29-17-25(32)31-30-16-22-20-11-5-4-8-18(20)14-15-24(22)35-27(34)19-9-2-1-3-10-19/h1-16H,17H2,(H,29,33)(H,31,32). The molecule has 0 spiro atoms. The largest absolute Gasteiger partial charge is 0.422 e. The second-order valence-electron chi connectivity index (χ2n) is 7.41. The molecule has 0 radical (unpaired) electrons. The van der Waals surface area contributed by atoms with E-state index in [4.69, 9.17) is 16.3 Å². The summed E-state index contributed by atoms with van der Waals surface area (Å²) in [5, 5.41) is 8.49. The number of carbonyl (C=O) groups is 3. The molecule has 0 saturated carbocycles. The molecule has 2 amide bonds. The number of nitrogens with one attached hydrogen (secondary N) is 2. The number of esters is 1. The van der Waals surface area contributed by atoms with Crippen LogP contribution in [0, 0.1) is 0 Å². The van der Waals surface area contributed by atoms with E-state index in [1.165, 1.54) is 6.21 Å². The van der Waals surface area contributed by atoms with Gasteiger partial charge in [0.15, 0.2) is 0 Å². The molecule has 35 heavy (non-hydrogen) atoms. The molecule has 0 fully saturated rings. The Kier molecular flexibility index (Phi) is 7.50. The summed E-state index contributed by atoms with van der Waals surface area (Å²) in [4.78, 5) is 37.0. The van der Waals surface area contributed by atoms with Crippen LogP contribution in [0.25, 0.3) is 10.8 Å². The molecule has 0 aliphatic heterocycles. The topological polar surface area (TPSA) is 96.9 Å². The predicted molar refractivity (Wildman–Crippen MR) is 135 cm³/mol. The van der Waals surface area contributed by atoms with Crippen molar-refractivity contribution in [3.63, 3.8) is 0 Å². The Labute approximate surface area is 206 Å². The molecular weight excluding hydrogens is 466 g/mol. The number of hydrogen-bond donors (Lipinski definition) is 2.